The van der Waals surface area contributed by atoms with E-state index in [0.29, 0.717) is 13.0 Å². The maximum absolute atomic E-state index is 12.8. The predicted molar refractivity (Wildman–Crippen MR) is 115 cm³/mol. The standard InChI is InChI=1S/C23H31NO7/c1-8-9-19(29-13-14(2)3)16(5)30-23(27)15(4)12-18(26)21-22(31-17(6)25)20(28-7)10-11-24-21/h8,10-11,15-16,19H,1-2,9,12-13H2,3-7H3/t15-,16+,19-/m1/s1. The second-order valence-corrected chi connectivity index (χ2v) is 7.29. The van der Waals surface area contributed by atoms with Crippen LogP contribution < -0.4 is 9.47 Å². The number of carbonyl (C=O) groups excluding carboxylic acids is 3. The van der Waals surface area contributed by atoms with Gasteiger partial charge in [-0.25, -0.2) is 4.98 Å². The van der Waals surface area contributed by atoms with Crippen molar-refractivity contribution in [3.63, 3.8) is 0 Å². The summed E-state index contributed by atoms with van der Waals surface area (Å²) in [5.41, 5.74) is 0.762. The largest absolute Gasteiger partial charge is 0.493 e. The average Bonchev–Trinajstić information content (AvgIpc) is 2.70. The highest BCUT2D eigenvalue weighted by Gasteiger charge is 2.28. The summed E-state index contributed by atoms with van der Waals surface area (Å²) in [5.74, 6) is -2.28. The van der Waals surface area contributed by atoms with E-state index in [1.165, 1.54) is 26.3 Å². The SMILES string of the molecule is C=CC[C@@H](OCC(=C)C)[C@H](C)OC(=O)[C@H](C)CC(=O)c1nccc(OC)c1OC(C)=O. The molecule has 0 saturated carbocycles. The Bertz CT molecular complexity index is 818. The molecule has 0 aliphatic rings. The number of hydrogen-bond acceptors (Lipinski definition) is 8. The molecule has 0 unspecified atom stereocenters. The van der Waals surface area contributed by atoms with E-state index >= 15 is 0 Å². The van der Waals surface area contributed by atoms with Crippen LogP contribution in [0.25, 0.3) is 0 Å². The number of methoxy groups -OCH3 is 1. The van der Waals surface area contributed by atoms with E-state index in [1.807, 2.05) is 6.92 Å². The Morgan fingerprint density at radius 1 is 1.23 bits per heavy atom. The molecule has 0 aromatic carbocycles. The Morgan fingerprint density at radius 3 is 2.45 bits per heavy atom. The maximum atomic E-state index is 12.8. The summed E-state index contributed by atoms with van der Waals surface area (Å²) >= 11 is 0. The van der Waals surface area contributed by atoms with Gasteiger partial charge in [0.15, 0.2) is 17.2 Å². The third-order valence-electron chi connectivity index (χ3n) is 4.26. The third kappa shape index (κ3) is 8.33. The minimum absolute atomic E-state index is 0.0734. The van der Waals surface area contributed by atoms with E-state index in [0.717, 1.165) is 5.57 Å². The lowest BCUT2D eigenvalue weighted by Crippen LogP contribution is -2.33. The van der Waals surface area contributed by atoms with E-state index in [-0.39, 0.29) is 29.7 Å². The normalized spacial score (nSPS) is 13.5. The average molecular weight is 434 g/mol. The third-order valence-corrected chi connectivity index (χ3v) is 4.26. The number of aromatic nitrogens is 1. The summed E-state index contributed by atoms with van der Waals surface area (Å²) in [4.78, 5) is 40.7. The van der Waals surface area contributed by atoms with Gasteiger partial charge in [0, 0.05) is 25.6 Å². The van der Waals surface area contributed by atoms with Crippen LogP contribution in [-0.2, 0) is 19.1 Å². The van der Waals surface area contributed by atoms with Gasteiger partial charge in [0.05, 0.1) is 25.7 Å². The Hall–Kier alpha value is -3.00. The highest BCUT2D eigenvalue weighted by molar-refractivity contribution is 5.99. The zero-order valence-electron chi connectivity index (χ0n) is 18.8. The van der Waals surface area contributed by atoms with Gasteiger partial charge in [-0.3, -0.25) is 14.4 Å². The molecule has 0 bridgehead atoms. The van der Waals surface area contributed by atoms with E-state index in [2.05, 4.69) is 18.1 Å². The van der Waals surface area contributed by atoms with Crippen LogP contribution in [0.4, 0.5) is 0 Å². The smallest absolute Gasteiger partial charge is 0.309 e. The van der Waals surface area contributed by atoms with Crippen molar-refractivity contribution in [3.8, 4) is 11.5 Å². The first-order valence-electron chi connectivity index (χ1n) is 9.92. The summed E-state index contributed by atoms with van der Waals surface area (Å²) < 4.78 is 21.5. The van der Waals surface area contributed by atoms with Crippen molar-refractivity contribution < 1.29 is 33.3 Å². The van der Waals surface area contributed by atoms with Crippen LogP contribution in [0.1, 0.15) is 51.0 Å². The number of esters is 2. The van der Waals surface area contributed by atoms with Crippen LogP contribution in [0.2, 0.25) is 0 Å². The quantitative estimate of drug-likeness (QED) is 0.264. The number of ether oxygens (including phenoxy) is 4. The van der Waals surface area contributed by atoms with Crippen molar-refractivity contribution in [2.45, 2.75) is 52.7 Å². The van der Waals surface area contributed by atoms with Crippen LogP contribution in [0.5, 0.6) is 11.5 Å². The predicted octanol–water partition coefficient (Wildman–Crippen LogP) is 3.69. The number of carbonyl (C=O) groups is 3. The lowest BCUT2D eigenvalue weighted by atomic mass is 10.0. The molecule has 1 aromatic rings. The molecule has 0 aliphatic carbocycles. The van der Waals surface area contributed by atoms with Crippen LogP contribution in [-0.4, -0.2) is 48.6 Å². The molecule has 1 rings (SSSR count). The summed E-state index contributed by atoms with van der Waals surface area (Å²) in [6, 6.07) is 1.47. The van der Waals surface area contributed by atoms with Crippen LogP contribution >= 0.6 is 0 Å². The van der Waals surface area contributed by atoms with E-state index in [1.54, 1.807) is 19.9 Å². The first-order valence-corrected chi connectivity index (χ1v) is 9.92. The minimum atomic E-state index is -0.751. The van der Waals surface area contributed by atoms with Crippen molar-refractivity contribution in [2.75, 3.05) is 13.7 Å². The number of pyridine rings is 1. The van der Waals surface area contributed by atoms with Crippen molar-refractivity contribution in [2.24, 2.45) is 5.92 Å². The van der Waals surface area contributed by atoms with Crippen molar-refractivity contribution in [1.29, 1.82) is 0 Å². The molecule has 0 amide bonds. The fourth-order valence-corrected chi connectivity index (χ4v) is 2.67. The van der Waals surface area contributed by atoms with Crippen LogP contribution in [0, 0.1) is 5.92 Å². The lowest BCUT2D eigenvalue weighted by molar-refractivity contribution is -0.159. The molecule has 0 radical (unpaired) electrons. The number of hydrogen-bond donors (Lipinski definition) is 0. The molecule has 1 heterocycles. The van der Waals surface area contributed by atoms with E-state index < -0.39 is 29.7 Å². The molecule has 0 fully saturated rings. The summed E-state index contributed by atoms with van der Waals surface area (Å²) in [6.07, 6.45) is 2.44. The molecule has 0 aliphatic heterocycles. The van der Waals surface area contributed by atoms with Crippen LogP contribution in [0.15, 0.2) is 37.1 Å². The summed E-state index contributed by atoms with van der Waals surface area (Å²) in [6.45, 7) is 14.2. The Balaban J connectivity index is 2.86. The second kappa shape index (κ2) is 12.6. The molecule has 8 heteroatoms. The monoisotopic (exact) mass is 433 g/mol. The van der Waals surface area contributed by atoms with Gasteiger partial charge in [0.25, 0.3) is 0 Å². The van der Waals surface area contributed by atoms with Crippen molar-refractivity contribution in [3.05, 3.63) is 42.8 Å². The number of rotatable bonds is 13. The molecule has 1 aromatic heterocycles. The van der Waals surface area contributed by atoms with Gasteiger partial charge in [-0.15, -0.1) is 6.58 Å². The van der Waals surface area contributed by atoms with Gasteiger partial charge in [-0.2, -0.15) is 0 Å². The van der Waals surface area contributed by atoms with Crippen LogP contribution in [0.3, 0.4) is 0 Å². The van der Waals surface area contributed by atoms with Gasteiger partial charge in [-0.05, 0) is 20.3 Å². The molecule has 0 spiro atoms. The Labute approximate surface area is 183 Å². The molecule has 3 atom stereocenters. The fourth-order valence-electron chi connectivity index (χ4n) is 2.67. The molecule has 0 saturated heterocycles. The molecule has 31 heavy (non-hydrogen) atoms. The number of Topliss-reactive ketones (excluding diaryl/α,β-unsaturated/α-hetero) is 1. The molecule has 0 N–H and O–H groups in total. The van der Waals surface area contributed by atoms with E-state index in [9.17, 15) is 14.4 Å². The Kier molecular flexibility index (Phi) is 10.6. The second-order valence-electron chi connectivity index (χ2n) is 7.29. The molecular weight excluding hydrogens is 402 g/mol. The highest BCUT2D eigenvalue weighted by Crippen LogP contribution is 2.31. The van der Waals surface area contributed by atoms with Gasteiger partial charge in [0.1, 0.15) is 6.10 Å². The highest BCUT2D eigenvalue weighted by atomic mass is 16.6. The topological polar surface area (TPSA) is 101 Å². The van der Waals surface area contributed by atoms with Gasteiger partial charge in [-0.1, -0.05) is 25.2 Å². The zero-order chi connectivity index (χ0) is 23.6. The van der Waals surface area contributed by atoms with Gasteiger partial charge >= 0.3 is 11.9 Å². The lowest BCUT2D eigenvalue weighted by Gasteiger charge is -2.25. The van der Waals surface area contributed by atoms with E-state index in [4.69, 9.17) is 18.9 Å². The Morgan fingerprint density at radius 2 is 1.90 bits per heavy atom. The summed E-state index contributed by atoms with van der Waals surface area (Å²) in [7, 11) is 1.38. The zero-order valence-corrected chi connectivity index (χ0v) is 18.8. The molecule has 8 nitrogen and oxygen atoms in total. The number of nitrogens with zero attached hydrogens (tertiary/aromatic N) is 1. The number of ketones is 1. The molecule has 170 valence electrons. The maximum Gasteiger partial charge on any atom is 0.309 e. The first-order chi connectivity index (χ1) is 14.6. The van der Waals surface area contributed by atoms with Gasteiger partial charge in [0.2, 0.25) is 5.75 Å². The fraction of sp³-hybridized carbons (Fsp3) is 0.478. The first kappa shape index (κ1) is 26.0. The van der Waals surface area contributed by atoms with Gasteiger partial charge < -0.3 is 18.9 Å². The summed E-state index contributed by atoms with van der Waals surface area (Å²) in [5, 5.41) is 0. The van der Waals surface area contributed by atoms with Crippen molar-refractivity contribution >= 4 is 17.7 Å². The van der Waals surface area contributed by atoms with Crippen molar-refractivity contribution in [1.82, 2.24) is 4.98 Å². The molecular formula is C23H31NO7. The minimum Gasteiger partial charge on any atom is -0.493 e.